The second-order valence-electron chi connectivity index (χ2n) is 2.89. The fourth-order valence-corrected chi connectivity index (χ4v) is 0.842. The van der Waals surface area contributed by atoms with Crippen LogP contribution in [0.5, 0.6) is 0 Å². The van der Waals surface area contributed by atoms with Gasteiger partial charge in [0.2, 0.25) is 0 Å². The number of nitrogens with zero attached hydrogens (tertiary/aromatic N) is 3. The van der Waals surface area contributed by atoms with Gasteiger partial charge in [-0.25, -0.2) is 4.79 Å². The average Bonchev–Trinajstić information content (AvgIpc) is 2.15. The van der Waals surface area contributed by atoms with Gasteiger partial charge in [-0.1, -0.05) is 11.3 Å². The quantitative estimate of drug-likeness (QED) is 0.589. The molecule has 14 heavy (non-hydrogen) atoms. The number of carbonyl (C=O) groups is 1. The van der Waals surface area contributed by atoms with Crippen LogP contribution in [0.2, 0.25) is 0 Å². The van der Waals surface area contributed by atoms with E-state index in [1.807, 2.05) is 0 Å². The molecule has 1 rings (SSSR count). The van der Waals surface area contributed by atoms with Gasteiger partial charge in [0.25, 0.3) is 0 Å². The van der Waals surface area contributed by atoms with Crippen molar-refractivity contribution in [2.24, 2.45) is 10.3 Å². The monoisotopic (exact) mass is 193 g/mol. The van der Waals surface area contributed by atoms with Gasteiger partial charge in [0.05, 0.1) is 11.3 Å². The zero-order chi connectivity index (χ0) is 10.6. The molecule has 0 saturated carbocycles. The molecule has 74 valence electrons. The van der Waals surface area contributed by atoms with E-state index in [1.165, 1.54) is 17.1 Å². The molecule has 0 aliphatic rings. The van der Waals surface area contributed by atoms with Gasteiger partial charge in [-0.2, -0.15) is 0 Å². The van der Waals surface area contributed by atoms with Crippen LogP contribution in [0, 0.1) is 0 Å². The Morgan fingerprint density at radius 2 is 2.14 bits per heavy atom. The first kappa shape index (κ1) is 10.2. The lowest BCUT2D eigenvalue weighted by molar-refractivity contribution is 0.0697. The molecule has 1 aromatic rings. The highest BCUT2D eigenvalue weighted by molar-refractivity contribution is 5.88. The van der Waals surface area contributed by atoms with E-state index in [0.29, 0.717) is 5.69 Å². The number of carboxylic acids is 1. The Labute approximate surface area is 81.7 Å². The Bertz CT molecular complexity index is 361. The minimum atomic E-state index is -0.966. The third-order valence-electron chi connectivity index (χ3n) is 1.43. The van der Waals surface area contributed by atoms with Crippen molar-refractivity contribution in [3.05, 3.63) is 29.8 Å². The van der Waals surface area contributed by atoms with Crippen LogP contribution < -0.4 is 0 Å². The van der Waals surface area contributed by atoms with Crippen molar-refractivity contribution in [1.29, 1.82) is 0 Å². The van der Waals surface area contributed by atoms with E-state index < -0.39 is 5.97 Å². The molecule has 1 N–H and O–H groups in total. The molecule has 1 aromatic carbocycles. The van der Waals surface area contributed by atoms with Crippen molar-refractivity contribution in [1.82, 2.24) is 5.01 Å². The van der Waals surface area contributed by atoms with Crippen LogP contribution in [-0.2, 0) is 0 Å². The smallest absolute Gasteiger partial charge is 0.335 e. The van der Waals surface area contributed by atoms with Gasteiger partial charge in [-0.15, -0.1) is 5.11 Å². The molecule has 0 aliphatic carbocycles. The first-order valence-electron chi connectivity index (χ1n) is 4.02. The van der Waals surface area contributed by atoms with Crippen LogP contribution in [0.4, 0.5) is 5.69 Å². The first-order chi connectivity index (χ1) is 6.59. The molecule has 0 radical (unpaired) electrons. The fraction of sp³-hybridized carbons (Fsp3) is 0.222. The van der Waals surface area contributed by atoms with Crippen molar-refractivity contribution in [3.63, 3.8) is 0 Å². The Kier molecular flexibility index (Phi) is 3.17. The summed E-state index contributed by atoms with van der Waals surface area (Å²) in [5.74, 6) is -0.966. The topological polar surface area (TPSA) is 65.3 Å². The molecule has 0 aliphatic heterocycles. The lowest BCUT2D eigenvalue weighted by Crippen LogP contribution is -1.99. The van der Waals surface area contributed by atoms with Crippen molar-refractivity contribution in [3.8, 4) is 0 Å². The molecule has 0 bridgehead atoms. The predicted octanol–water partition coefficient (Wildman–Crippen LogP) is 1.95. The zero-order valence-electron chi connectivity index (χ0n) is 8.01. The van der Waals surface area contributed by atoms with E-state index in [1.54, 1.807) is 26.2 Å². The van der Waals surface area contributed by atoms with E-state index in [0.717, 1.165) is 0 Å². The fourth-order valence-electron chi connectivity index (χ4n) is 0.842. The molecular formula is C9H11N3O2. The maximum absolute atomic E-state index is 10.6. The number of hydrogen-bond donors (Lipinski definition) is 1. The van der Waals surface area contributed by atoms with Crippen molar-refractivity contribution in [2.45, 2.75) is 0 Å². The number of rotatable bonds is 3. The first-order valence-corrected chi connectivity index (χ1v) is 4.02. The highest BCUT2D eigenvalue weighted by Gasteiger charge is 2.01. The Morgan fingerprint density at radius 3 is 2.71 bits per heavy atom. The van der Waals surface area contributed by atoms with Crippen LogP contribution in [0.25, 0.3) is 0 Å². The van der Waals surface area contributed by atoms with E-state index in [4.69, 9.17) is 5.11 Å². The summed E-state index contributed by atoms with van der Waals surface area (Å²) in [5.41, 5.74) is 0.735. The minimum Gasteiger partial charge on any atom is -0.478 e. The van der Waals surface area contributed by atoms with Gasteiger partial charge in [-0.05, 0) is 18.2 Å². The summed E-state index contributed by atoms with van der Waals surface area (Å²) >= 11 is 0. The van der Waals surface area contributed by atoms with Crippen LogP contribution >= 0.6 is 0 Å². The lowest BCUT2D eigenvalue weighted by Gasteiger charge is -2.00. The van der Waals surface area contributed by atoms with Gasteiger partial charge >= 0.3 is 5.97 Å². The third-order valence-corrected chi connectivity index (χ3v) is 1.43. The Morgan fingerprint density at radius 1 is 1.43 bits per heavy atom. The summed E-state index contributed by atoms with van der Waals surface area (Å²) in [5, 5.41) is 17.8. The lowest BCUT2D eigenvalue weighted by atomic mass is 10.2. The van der Waals surface area contributed by atoms with Gasteiger partial charge in [-0.3, -0.25) is 5.01 Å². The van der Waals surface area contributed by atoms with Crippen molar-refractivity contribution < 1.29 is 9.90 Å². The van der Waals surface area contributed by atoms with Crippen molar-refractivity contribution in [2.75, 3.05) is 14.1 Å². The van der Waals surface area contributed by atoms with Crippen LogP contribution in [0.1, 0.15) is 10.4 Å². The van der Waals surface area contributed by atoms with E-state index in [9.17, 15) is 4.79 Å². The second-order valence-corrected chi connectivity index (χ2v) is 2.89. The maximum Gasteiger partial charge on any atom is 0.335 e. The van der Waals surface area contributed by atoms with E-state index in [2.05, 4.69) is 10.3 Å². The molecule has 0 spiro atoms. The Balaban J connectivity index is 2.89. The maximum atomic E-state index is 10.6. The number of benzene rings is 1. The summed E-state index contributed by atoms with van der Waals surface area (Å²) in [4.78, 5) is 10.6. The third kappa shape index (κ3) is 2.85. The van der Waals surface area contributed by atoms with E-state index >= 15 is 0 Å². The summed E-state index contributed by atoms with van der Waals surface area (Å²) in [6, 6.07) is 6.30. The molecule has 0 amide bonds. The SMILES string of the molecule is CN(C)/N=N/c1cccc(C(=O)O)c1. The standard InChI is InChI=1S/C9H11N3O2/c1-12(2)11-10-8-5-3-4-7(6-8)9(13)14/h3-6H,1-2H3,(H,13,14)/b11-10+. The van der Waals surface area contributed by atoms with Crippen LogP contribution in [0.3, 0.4) is 0 Å². The van der Waals surface area contributed by atoms with Gasteiger partial charge in [0, 0.05) is 14.1 Å². The predicted molar refractivity (Wildman–Crippen MR) is 51.6 cm³/mol. The molecule has 0 fully saturated rings. The highest BCUT2D eigenvalue weighted by Crippen LogP contribution is 2.14. The number of hydrogen-bond acceptors (Lipinski definition) is 3. The summed E-state index contributed by atoms with van der Waals surface area (Å²) in [7, 11) is 3.48. The molecule has 0 atom stereocenters. The van der Waals surface area contributed by atoms with Crippen molar-refractivity contribution >= 4 is 11.7 Å². The largest absolute Gasteiger partial charge is 0.478 e. The molecule has 5 heteroatoms. The minimum absolute atomic E-state index is 0.209. The summed E-state index contributed by atoms with van der Waals surface area (Å²) in [6.45, 7) is 0. The summed E-state index contributed by atoms with van der Waals surface area (Å²) in [6.07, 6.45) is 0. The normalized spacial score (nSPS) is 10.4. The average molecular weight is 193 g/mol. The molecule has 0 aromatic heterocycles. The number of carboxylic acid groups (broad SMARTS) is 1. The van der Waals surface area contributed by atoms with Gasteiger partial charge in [0.15, 0.2) is 0 Å². The highest BCUT2D eigenvalue weighted by atomic mass is 16.4. The summed E-state index contributed by atoms with van der Waals surface area (Å²) < 4.78 is 0. The van der Waals surface area contributed by atoms with Crippen LogP contribution in [-0.4, -0.2) is 30.2 Å². The van der Waals surface area contributed by atoms with E-state index in [-0.39, 0.29) is 5.56 Å². The number of aromatic carboxylic acids is 1. The molecule has 5 nitrogen and oxygen atoms in total. The second kappa shape index (κ2) is 4.36. The van der Waals surface area contributed by atoms with Crippen LogP contribution in [0.15, 0.2) is 34.6 Å². The Hall–Kier alpha value is -1.91. The molecule has 0 heterocycles. The van der Waals surface area contributed by atoms with Gasteiger partial charge in [0.1, 0.15) is 0 Å². The molecule has 0 saturated heterocycles. The zero-order valence-corrected chi connectivity index (χ0v) is 8.01. The van der Waals surface area contributed by atoms with Gasteiger partial charge < -0.3 is 5.11 Å². The molecule has 0 unspecified atom stereocenters. The molecular weight excluding hydrogens is 182 g/mol.